The van der Waals surface area contributed by atoms with Crippen molar-refractivity contribution >= 4 is 140 Å². The summed E-state index contributed by atoms with van der Waals surface area (Å²) in [6, 6.07) is 122. The van der Waals surface area contributed by atoms with Gasteiger partial charge >= 0.3 is 5.51 Å². The van der Waals surface area contributed by atoms with E-state index in [2.05, 4.69) is 436 Å². The van der Waals surface area contributed by atoms with E-state index in [0.717, 1.165) is 179 Å². The Morgan fingerprint density at radius 3 is 0.564 bits per heavy atom. The summed E-state index contributed by atoms with van der Waals surface area (Å²) < 4.78 is 58.9. The summed E-state index contributed by atoms with van der Waals surface area (Å²) in [5.41, 5.74) is 33.5. The van der Waals surface area contributed by atoms with E-state index in [1.807, 2.05) is 49.1 Å². The molecule has 16 bridgehead atoms. The molecule has 0 radical (unpaired) electrons. The van der Waals surface area contributed by atoms with Crippen LogP contribution >= 0.6 is 15.8 Å². The quantitative estimate of drug-likeness (QED) is 0.0413. The summed E-state index contributed by atoms with van der Waals surface area (Å²) in [6.45, 7) is 12.7. The van der Waals surface area contributed by atoms with Gasteiger partial charge in [0.2, 0.25) is 0 Å². The number of pyridine rings is 2. The largest absolute Gasteiger partial charge is 0.741 e. The van der Waals surface area contributed by atoms with E-state index < -0.39 is 15.6 Å². The first-order valence-electron chi connectivity index (χ1n) is 46.0. The van der Waals surface area contributed by atoms with Gasteiger partial charge in [-0.3, -0.25) is 9.97 Å². The molecule has 20 heteroatoms. The summed E-state index contributed by atoms with van der Waals surface area (Å²) in [6.07, 6.45) is 28.1. The molecule has 692 valence electrons. The zero-order valence-electron chi connectivity index (χ0n) is 77.5. The van der Waals surface area contributed by atoms with E-state index in [9.17, 15) is 13.2 Å². The monoisotopic (exact) mass is 2070 g/mol. The fourth-order valence-corrected chi connectivity index (χ4v) is 22.8. The molecule has 0 saturated heterocycles. The van der Waals surface area contributed by atoms with Crippen LogP contribution in [-0.4, -0.2) is 80.6 Å². The number of benzene rings is 10. The van der Waals surface area contributed by atoms with E-state index in [-0.39, 0.29) is 36.9 Å². The van der Waals surface area contributed by atoms with Gasteiger partial charge in [-0.05, 0) is 263 Å². The van der Waals surface area contributed by atoms with Crippen LogP contribution in [0, 0.1) is 41.5 Å². The summed E-state index contributed by atoms with van der Waals surface area (Å²) in [5, 5.41) is 5.94. The van der Waals surface area contributed by atoms with Crippen molar-refractivity contribution < 1.29 is 47.2 Å². The summed E-state index contributed by atoms with van der Waals surface area (Å²) in [5.74, 6) is 0. The van der Waals surface area contributed by atoms with E-state index in [1.54, 1.807) is 0 Å². The summed E-state index contributed by atoms with van der Waals surface area (Å²) in [4.78, 5) is 45.5. The van der Waals surface area contributed by atoms with E-state index >= 15 is 0 Å². The zero-order chi connectivity index (χ0) is 95.7. The third-order valence-electron chi connectivity index (χ3n) is 24.8. The molecule has 0 saturated carbocycles. The third kappa shape index (κ3) is 21.5. The van der Waals surface area contributed by atoms with Crippen molar-refractivity contribution in [2.24, 2.45) is 0 Å². The van der Waals surface area contributed by atoms with Crippen molar-refractivity contribution in [3.8, 4) is 89.0 Å². The Hall–Kier alpha value is -15.1. The number of alkyl halides is 3. The topological polar surface area (TPSA) is 198 Å². The number of nitrogens with zero attached hydrogens (tertiary/aromatic N) is 6. The van der Waals surface area contributed by atoms with Crippen LogP contribution in [0.5, 0.6) is 0 Å². The van der Waals surface area contributed by atoms with Crippen LogP contribution in [0.2, 0.25) is 0 Å². The molecule has 0 aliphatic carbocycles. The van der Waals surface area contributed by atoms with Crippen molar-refractivity contribution in [3.63, 3.8) is 0 Å². The minimum Gasteiger partial charge on any atom is -0.741 e. The number of aromatic amines is 4. The number of aromatic nitrogens is 10. The number of rotatable bonds is 16. The number of hydrogen-bond acceptors (Lipinski definition) is 9. The Labute approximate surface area is 829 Å². The maximum absolute atomic E-state index is 10.7. The number of nitrogens with one attached hydrogen (secondary N) is 4. The number of fused-ring (bicyclic) bond motifs is 16. The Balaban J connectivity index is 0.000000138. The Kier molecular flexibility index (Phi) is 28.9. The second-order valence-electron chi connectivity index (χ2n) is 34.6. The van der Waals surface area contributed by atoms with Gasteiger partial charge in [-0.15, -0.1) is 0 Å². The first-order chi connectivity index (χ1) is 67.6. The molecule has 4 aliphatic rings. The Morgan fingerprint density at radius 2 is 0.407 bits per heavy atom. The normalized spacial score (nSPS) is 11.9. The van der Waals surface area contributed by atoms with Crippen molar-refractivity contribution in [2.45, 2.75) is 53.5 Å². The van der Waals surface area contributed by atoms with Gasteiger partial charge < -0.3 is 24.5 Å². The van der Waals surface area contributed by atoms with Gasteiger partial charge in [0.15, 0.2) is 10.1 Å². The van der Waals surface area contributed by atoms with Crippen LogP contribution in [0.1, 0.15) is 85.4 Å². The van der Waals surface area contributed by atoms with Crippen molar-refractivity contribution in [1.82, 2.24) is 49.8 Å². The molecular weight excluding hydrogens is 1980 g/mol. The second kappa shape index (κ2) is 42.5. The van der Waals surface area contributed by atoms with Crippen molar-refractivity contribution in [1.29, 1.82) is 0 Å². The number of aryl methyl sites for hydroxylation is 6. The van der Waals surface area contributed by atoms with E-state index in [4.69, 9.17) is 32.9 Å². The van der Waals surface area contributed by atoms with Crippen LogP contribution in [0.15, 0.2) is 365 Å². The van der Waals surface area contributed by atoms with E-state index in [1.165, 1.54) is 73.3 Å². The molecule has 22 rings (SSSR count). The first kappa shape index (κ1) is 95.3. The number of H-pyrrole nitrogens is 4. The molecule has 0 atom stereocenters. The molecule has 4 aliphatic heterocycles. The maximum atomic E-state index is 10.7. The van der Waals surface area contributed by atoms with Gasteiger partial charge in [0, 0.05) is 134 Å². The van der Waals surface area contributed by atoms with Crippen molar-refractivity contribution in [3.05, 3.63) is 443 Å². The van der Waals surface area contributed by atoms with Gasteiger partial charge in [0.25, 0.3) is 0 Å². The minimum absolute atomic E-state index is 0. The predicted molar refractivity (Wildman–Crippen MR) is 573 cm³/mol. The average Bonchev–Trinajstić information content (AvgIpc) is 1.61. The third-order valence-corrected chi connectivity index (χ3v) is 30.6. The molecule has 0 spiro atoms. The average molecular weight is 2070 g/mol. The van der Waals surface area contributed by atoms with Crippen molar-refractivity contribution in [2.75, 3.05) is 12.3 Å². The summed E-state index contributed by atoms with van der Waals surface area (Å²) in [7, 11) is -6.71. The zero-order valence-corrected chi connectivity index (χ0v) is 82.4. The molecule has 4 N–H and O–H groups in total. The Bertz CT molecular complexity index is 7540. The van der Waals surface area contributed by atoms with E-state index in [0.29, 0.717) is 0 Å². The smallest absolute Gasteiger partial charge is 0.485 e. The maximum Gasteiger partial charge on any atom is 0.485 e. The molecule has 140 heavy (non-hydrogen) atoms. The van der Waals surface area contributed by atoms with Crippen LogP contribution in [0.4, 0.5) is 13.2 Å². The SMILES string of the molecule is Cc1ccc(-c2c3nc(c(-c4ccc(C)cc4)c4ccc([nH]4)c(-c4ccc(C)cc4)c4nc(c(-c5ccncc5)c5ccc2[nH]5)C=C4)C=C3)cc1.Cc1ccc(-c2c3nc(c(-c4ccc(C)cc4)c4ccc([nH]4)c(-c4ccc(C)cc4)c4nc(c(-c5ccncc5)c5ccc2[nH]5)C=C4)C=C3)cc1.O=S(=O)([O-])C(F)(F)F.[Pt].c1ccc(P(CCCP(c2ccccc2)c2ccccc2)c2ccccc2)cc1. The molecule has 12 heterocycles. The first-order valence-corrected chi connectivity index (χ1v) is 50.4. The Morgan fingerprint density at radius 1 is 0.250 bits per heavy atom. The number of hydrogen-bond donors (Lipinski definition) is 4. The second-order valence-corrected chi connectivity index (χ2v) is 40.6. The summed E-state index contributed by atoms with van der Waals surface area (Å²) >= 11 is 0. The standard InChI is InChI=1S/2C46H35N5.C27H26P2.CHF3O3S.Pt/c2*1-28-4-10-31(11-5-28)43-35-16-18-37(48-35)44(32-12-6-29(2)7-13-32)39-20-22-41(50-39)46(34-24-26-47-27-25-34)42-23-21-40(51-42)45(38-19-17-36(43)49-38)33-14-8-30(3)9-15-33;1-5-14-24(15-6-1)28(25-16-7-2-8-17-25)22-13-23-29(26-18-9-3-10-19-26)27-20-11-4-12-21-27;2-1(3,4)8(5,6)7;/h2*4-27,48,51H,1-3H3;1-12,14-21H,13,22-23H2;(H,5,6,7);/p-1. The predicted octanol–water partition coefficient (Wildman–Crippen LogP) is 29.0. The van der Waals surface area contributed by atoms with Gasteiger partial charge in [-0.25, -0.2) is 28.4 Å². The molecule has 13 nitrogen and oxygen atoms in total. The van der Waals surface area contributed by atoms with Gasteiger partial charge in [-0.1, -0.05) is 300 Å². The molecule has 10 aromatic carbocycles. The van der Waals surface area contributed by atoms with Crippen LogP contribution in [0.25, 0.3) is 182 Å². The minimum atomic E-state index is -6.09. The molecule has 0 unspecified atom stereocenters. The van der Waals surface area contributed by atoms with Gasteiger partial charge in [0.05, 0.1) is 45.6 Å². The van der Waals surface area contributed by atoms with Gasteiger partial charge in [-0.2, -0.15) is 13.2 Å². The molecule has 0 amide bonds. The number of halogens is 3. The molecular formula is C120H96F3N10O3P2PtS-. The molecule has 18 aromatic rings. The molecule has 8 aromatic heterocycles. The van der Waals surface area contributed by atoms with Crippen LogP contribution in [-0.2, 0) is 31.2 Å². The van der Waals surface area contributed by atoms with Crippen LogP contribution < -0.4 is 21.2 Å². The molecule has 0 fully saturated rings. The fraction of sp³-hybridized carbons (Fsp3) is 0.0833. The van der Waals surface area contributed by atoms with Crippen LogP contribution in [0.3, 0.4) is 0 Å². The fourth-order valence-electron chi connectivity index (χ4n) is 17.8. The van der Waals surface area contributed by atoms with Gasteiger partial charge in [0.1, 0.15) is 0 Å².